The molecular weight excluding hydrogens is 1050 g/mol. The van der Waals surface area contributed by atoms with Gasteiger partial charge in [-0.3, -0.25) is 18.6 Å². The maximum Gasteiger partial charge on any atom is 0.472 e. The van der Waals surface area contributed by atoms with E-state index in [0.717, 1.165) is 96.3 Å². The monoisotopic (exact) mass is 1180 g/mol. The SMILES string of the molecule is CCCCC/C=C\C/C=C\C/C=C\C/C=C\CCCCCCCCCCCC(=O)OC(/C=C/CCCCCCCCCCC)C(COP(=O)(O)OCC[N+](C)(C)C)NC(=O)CCCCCCCCCCCCC/C=C\C/C=C\CCCCC. The fourth-order valence-electron chi connectivity index (χ4n) is 9.90. The van der Waals surface area contributed by atoms with Gasteiger partial charge in [0.1, 0.15) is 19.3 Å². The van der Waals surface area contributed by atoms with Crippen molar-refractivity contribution in [2.75, 3.05) is 40.9 Å². The van der Waals surface area contributed by atoms with Crippen LogP contribution in [0.5, 0.6) is 0 Å². The third-order valence-corrected chi connectivity index (χ3v) is 16.3. The molecule has 0 aliphatic heterocycles. The van der Waals surface area contributed by atoms with Crippen molar-refractivity contribution in [2.24, 2.45) is 0 Å². The van der Waals surface area contributed by atoms with Crippen LogP contribution in [0.2, 0.25) is 0 Å². The van der Waals surface area contributed by atoms with Crippen molar-refractivity contribution in [2.45, 2.75) is 328 Å². The minimum atomic E-state index is -4.46. The van der Waals surface area contributed by atoms with Gasteiger partial charge >= 0.3 is 13.8 Å². The van der Waals surface area contributed by atoms with E-state index in [9.17, 15) is 19.0 Å². The summed E-state index contributed by atoms with van der Waals surface area (Å²) in [7, 11) is 1.49. The number of likely N-dealkylation sites (N-methyl/N-ethyl adjacent to an activating group) is 1. The van der Waals surface area contributed by atoms with Crippen molar-refractivity contribution in [3.63, 3.8) is 0 Å². The Balaban J connectivity index is 5.07. The van der Waals surface area contributed by atoms with E-state index in [1.54, 1.807) is 0 Å². The highest BCUT2D eigenvalue weighted by Gasteiger charge is 2.30. The molecule has 0 rings (SSSR count). The maximum atomic E-state index is 13.6. The summed E-state index contributed by atoms with van der Waals surface area (Å²) < 4.78 is 30.8. The Morgan fingerprint density at radius 1 is 0.422 bits per heavy atom. The molecule has 2 N–H and O–H groups in total. The van der Waals surface area contributed by atoms with Gasteiger partial charge in [-0.15, -0.1) is 0 Å². The standard InChI is InChI=1S/C73H133N2O7P/c1-7-10-13-16-19-22-25-27-29-31-33-35-36-37-38-40-42-44-46-48-51-54-57-60-63-66-73(77)82-71(64-61-58-55-52-49-24-21-18-15-12-9-3)70(69-81-83(78,79)80-68-67-75(4,5)6)74-72(76)65-62-59-56-53-50-47-45-43-41-39-34-32-30-28-26-23-20-17-14-11-8-2/h19-20,22-23,27-30,33,35,37-38,61,64,70-71H,7-18,21,24-26,31-32,34,36,39-60,62-63,65-69H2,1-6H3,(H-,74,76,78,79)/p+1/b22-19-,23-20-,29-27-,30-28-,35-33-,38-37-,64-61+. The number of nitrogens with zero attached hydrogens (tertiary/aromatic N) is 1. The molecule has 3 unspecified atom stereocenters. The number of hydrogen-bond acceptors (Lipinski definition) is 6. The van der Waals surface area contributed by atoms with Gasteiger partial charge in [-0.2, -0.15) is 0 Å². The molecule has 0 radical (unpaired) electrons. The molecule has 83 heavy (non-hydrogen) atoms. The number of hydrogen-bond donors (Lipinski definition) is 2. The Hall–Kier alpha value is -2.81. The van der Waals surface area contributed by atoms with Gasteiger partial charge < -0.3 is 19.4 Å². The summed E-state index contributed by atoms with van der Waals surface area (Å²) in [5, 5.41) is 3.07. The summed E-state index contributed by atoms with van der Waals surface area (Å²) in [6.45, 7) is 6.97. The summed E-state index contributed by atoms with van der Waals surface area (Å²) in [6.07, 6.45) is 83.0. The van der Waals surface area contributed by atoms with Crippen LogP contribution in [0, 0.1) is 0 Å². The number of allylic oxidation sites excluding steroid dienone is 13. The summed E-state index contributed by atoms with van der Waals surface area (Å²) in [5.41, 5.74) is 0. The first kappa shape index (κ1) is 80.2. The first-order chi connectivity index (χ1) is 40.4. The number of nitrogens with one attached hydrogen (secondary N) is 1. The second-order valence-corrected chi connectivity index (χ2v) is 26.1. The lowest BCUT2D eigenvalue weighted by Crippen LogP contribution is -2.47. The topological polar surface area (TPSA) is 111 Å². The number of carbonyl (C=O) groups is 2. The zero-order valence-corrected chi connectivity index (χ0v) is 56.1. The lowest BCUT2D eigenvalue weighted by atomic mass is 10.0. The molecule has 0 aliphatic rings. The van der Waals surface area contributed by atoms with Gasteiger partial charge in [0.15, 0.2) is 0 Å². The normalized spacial score (nSPS) is 14.1. The molecule has 3 atom stereocenters. The van der Waals surface area contributed by atoms with Crippen molar-refractivity contribution in [1.29, 1.82) is 0 Å². The van der Waals surface area contributed by atoms with E-state index in [0.29, 0.717) is 17.4 Å². The Morgan fingerprint density at radius 3 is 1.12 bits per heavy atom. The number of carbonyl (C=O) groups excluding carboxylic acids is 2. The molecule has 0 saturated heterocycles. The summed E-state index contributed by atoms with van der Waals surface area (Å²) in [4.78, 5) is 37.9. The third kappa shape index (κ3) is 63.5. The van der Waals surface area contributed by atoms with E-state index in [1.165, 1.54) is 186 Å². The van der Waals surface area contributed by atoms with Gasteiger partial charge in [0.2, 0.25) is 5.91 Å². The summed E-state index contributed by atoms with van der Waals surface area (Å²) in [6, 6.07) is -0.856. The molecule has 0 aromatic rings. The second kappa shape index (κ2) is 62.2. The largest absolute Gasteiger partial charge is 0.472 e. The van der Waals surface area contributed by atoms with Crippen LogP contribution in [0.1, 0.15) is 316 Å². The van der Waals surface area contributed by atoms with Crippen LogP contribution in [0.3, 0.4) is 0 Å². The van der Waals surface area contributed by atoms with Crippen molar-refractivity contribution in [3.8, 4) is 0 Å². The van der Waals surface area contributed by atoms with Crippen LogP contribution in [0.4, 0.5) is 0 Å². The average Bonchev–Trinajstić information content (AvgIpc) is 3.51. The Morgan fingerprint density at radius 2 is 0.735 bits per heavy atom. The van der Waals surface area contributed by atoms with Gasteiger partial charge in [-0.05, 0) is 109 Å². The molecule has 0 aromatic carbocycles. The minimum Gasteiger partial charge on any atom is -0.456 e. The van der Waals surface area contributed by atoms with Gasteiger partial charge in [-0.25, -0.2) is 4.57 Å². The molecule has 0 saturated carbocycles. The molecular formula is C73H134N2O7P+. The summed E-state index contributed by atoms with van der Waals surface area (Å²) in [5.74, 6) is -0.510. The van der Waals surface area contributed by atoms with Gasteiger partial charge in [-0.1, -0.05) is 280 Å². The molecule has 0 fully saturated rings. The Labute approximate surface area is 514 Å². The number of phosphoric ester groups is 1. The van der Waals surface area contributed by atoms with Crippen LogP contribution in [-0.2, 0) is 27.9 Å². The van der Waals surface area contributed by atoms with Crippen molar-refractivity contribution in [1.82, 2.24) is 5.32 Å². The van der Waals surface area contributed by atoms with Crippen LogP contribution in [0.15, 0.2) is 85.1 Å². The summed E-state index contributed by atoms with van der Waals surface area (Å²) >= 11 is 0. The molecule has 0 bridgehead atoms. The number of amides is 1. The lowest BCUT2D eigenvalue weighted by Gasteiger charge is -2.27. The van der Waals surface area contributed by atoms with Crippen LogP contribution < -0.4 is 5.32 Å². The van der Waals surface area contributed by atoms with Crippen LogP contribution in [-0.4, -0.2) is 74.3 Å². The number of rotatable bonds is 63. The van der Waals surface area contributed by atoms with E-state index in [-0.39, 0.29) is 31.5 Å². The van der Waals surface area contributed by atoms with Crippen molar-refractivity contribution in [3.05, 3.63) is 85.1 Å². The Kier molecular flexibility index (Phi) is 60.1. The van der Waals surface area contributed by atoms with Gasteiger partial charge in [0, 0.05) is 12.8 Å². The van der Waals surface area contributed by atoms with E-state index in [2.05, 4.69) is 99.0 Å². The molecule has 482 valence electrons. The molecule has 0 heterocycles. The molecule has 9 nitrogen and oxygen atoms in total. The fourth-order valence-corrected chi connectivity index (χ4v) is 10.6. The lowest BCUT2D eigenvalue weighted by molar-refractivity contribution is -0.870. The highest BCUT2D eigenvalue weighted by molar-refractivity contribution is 7.47. The van der Waals surface area contributed by atoms with E-state index in [1.807, 2.05) is 33.3 Å². The predicted molar refractivity (Wildman–Crippen MR) is 360 cm³/mol. The average molecular weight is 1180 g/mol. The first-order valence-electron chi connectivity index (χ1n) is 34.9. The smallest absolute Gasteiger partial charge is 0.456 e. The second-order valence-electron chi connectivity index (χ2n) is 24.7. The third-order valence-electron chi connectivity index (χ3n) is 15.3. The fraction of sp³-hybridized carbons (Fsp3) is 0.781. The maximum absolute atomic E-state index is 13.6. The Bertz CT molecular complexity index is 1700. The molecule has 0 aliphatic carbocycles. The van der Waals surface area contributed by atoms with Crippen LogP contribution in [0.25, 0.3) is 0 Å². The van der Waals surface area contributed by atoms with E-state index >= 15 is 0 Å². The first-order valence-corrected chi connectivity index (χ1v) is 36.4. The number of esters is 1. The van der Waals surface area contributed by atoms with E-state index < -0.39 is 20.0 Å². The molecule has 10 heteroatoms. The molecule has 1 amide bonds. The minimum absolute atomic E-state index is 0.0363. The molecule has 0 spiro atoms. The van der Waals surface area contributed by atoms with Crippen molar-refractivity contribution >= 4 is 19.7 Å². The quantitative estimate of drug-likeness (QED) is 0.0205. The zero-order valence-electron chi connectivity index (χ0n) is 55.2. The predicted octanol–water partition coefficient (Wildman–Crippen LogP) is 22.1. The van der Waals surface area contributed by atoms with Crippen LogP contribution >= 0.6 is 7.82 Å². The van der Waals surface area contributed by atoms with Gasteiger partial charge in [0.05, 0.1) is 33.8 Å². The number of quaternary nitrogens is 1. The van der Waals surface area contributed by atoms with E-state index in [4.69, 9.17) is 13.8 Å². The highest BCUT2D eigenvalue weighted by Crippen LogP contribution is 2.43. The number of ether oxygens (including phenoxy) is 1. The highest BCUT2D eigenvalue weighted by atomic mass is 31.2. The zero-order chi connectivity index (χ0) is 60.7. The molecule has 0 aromatic heterocycles. The number of phosphoric acid groups is 1. The van der Waals surface area contributed by atoms with Crippen molar-refractivity contribution < 1.29 is 37.3 Å². The number of unbranched alkanes of at least 4 members (excludes halogenated alkanes) is 35. The van der Waals surface area contributed by atoms with Gasteiger partial charge in [0.25, 0.3) is 0 Å².